The number of likely N-dealkylation sites (tertiary alicyclic amines) is 1. The number of thiophene rings is 1. The maximum absolute atomic E-state index is 12.4. The topological polar surface area (TPSA) is 60.9 Å². The van der Waals surface area contributed by atoms with Crippen molar-refractivity contribution in [2.75, 3.05) is 26.7 Å². The van der Waals surface area contributed by atoms with Crippen molar-refractivity contribution < 1.29 is 14.7 Å². The third kappa shape index (κ3) is 4.52. The van der Waals surface area contributed by atoms with Gasteiger partial charge in [0.2, 0.25) is 0 Å². The summed E-state index contributed by atoms with van der Waals surface area (Å²) in [5.74, 6) is -0.731. The highest BCUT2D eigenvalue weighted by atomic mass is 79.9. The molecule has 5 nitrogen and oxygen atoms in total. The van der Waals surface area contributed by atoms with Crippen LogP contribution in [0, 0.1) is 0 Å². The first kappa shape index (κ1) is 16.5. The number of carbonyl (C=O) groups is 2. The highest BCUT2D eigenvalue weighted by molar-refractivity contribution is 9.11. The number of carboxylic acid groups (broad SMARTS) is 1. The molecule has 1 fully saturated rings. The Kier molecular flexibility index (Phi) is 5.78. The standard InChI is InChI=1S/C14H19BrN2O3S/c1-16(9-13(18)19)10-3-2-7-17(8-6-10)14(20)11-4-5-12(15)21-11/h4-5,10H,2-3,6-9H2,1H3,(H,18,19). The first-order valence-corrected chi connectivity index (χ1v) is 8.55. The van der Waals surface area contributed by atoms with Crippen molar-refractivity contribution in [3.63, 3.8) is 0 Å². The largest absolute Gasteiger partial charge is 0.480 e. The lowest BCUT2D eigenvalue weighted by Gasteiger charge is -2.25. The Bertz CT molecular complexity index is 520. The number of rotatable bonds is 4. The van der Waals surface area contributed by atoms with Crippen molar-refractivity contribution >= 4 is 39.1 Å². The molecule has 1 aromatic rings. The molecule has 0 aromatic carbocycles. The molecule has 1 atom stereocenters. The second-order valence-corrected chi connectivity index (χ2v) is 7.75. The summed E-state index contributed by atoms with van der Waals surface area (Å²) in [5, 5.41) is 8.87. The summed E-state index contributed by atoms with van der Waals surface area (Å²) in [6, 6.07) is 3.96. The van der Waals surface area contributed by atoms with Crippen LogP contribution in [-0.2, 0) is 4.79 Å². The summed E-state index contributed by atoms with van der Waals surface area (Å²) >= 11 is 4.83. The van der Waals surface area contributed by atoms with Crippen LogP contribution < -0.4 is 0 Å². The van der Waals surface area contributed by atoms with Gasteiger partial charge in [-0.3, -0.25) is 14.5 Å². The van der Waals surface area contributed by atoms with Crippen LogP contribution in [-0.4, -0.2) is 59.5 Å². The van der Waals surface area contributed by atoms with Crippen molar-refractivity contribution in [3.8, 4) is 0 Å². The van der Waals surface area contributed by atoms with Gasteiger partial charge < -0.3 is 10.0 Å². The number of hydrogen-bond acceptors (Lipinski definition) is 4. The monoisotopic (exact) mass is 374 g/mol. The lowest BCUT2D eigenvalue weighted by atomic mass is 10.1. The number of amides is 1. The van der Waals surface area contributed by atoms with Crippen LogP contribution in [0.4, 0.5) is 0 Å². The molecule has 0 saturated carbocycles. The zero-order valence-corrected chi connectivity index (χ0v) is 14.3. The van der Waals surface area contributed by atoms with Gasteiger partial charge in [0.15, 0.2) is 0 Å². The molecule has 1 saturated heterocycles. The third-order valence-electron chi connectivity index (χ3n) is 3.78. The summed E-state index contributed by atoms with van der Waals surface area (Å²) in [6.45, 7) is 1.48. The smallest absolute Gasteiger partial charge is 0.317 e. The molecule has 1 aromatic heterocycles. The van der Waals surface area contributed by atoms with Crippen LogP contribution in [0.5, 0.6) is 0 Å². The number of carboxylic acids is 1. The van der Waals surface area contributed by atoms with E-state index in [1.165, 1.54) is 11.3 Å². The Labute approximate surface area is 136 Å². The van der Waals surface area contributed by atoms with Gasteiger partial charge in [-0.05, 0) is 54.4 Å². The van der Waals surface area contributed by atoms with Crippen molar-refractivity contribution in [1.29, 1.82) is 0 Å². The molecular weight excluding hydrogens is 356 g/mol. The van der Waals surface area contributed by atoms with Crippen LogP contribution >= 0.6 is 27.3 Å². The van der Waals surface area contributed by atoms with Crippen molar-refractivity contribution in [3.05, 3.63) is 20.8 Å². The van der Waals surface area contributed by atoms with Gasteiger partial charge in [0.05, 0.1) is 15.2 Å². The molecule has 2 rings (SSSR count). The SMILES string of the molecule is CN(CC(=O)O)C1CCCN(C(=O)c2ccc(Br)s2)CC1. The summed E-state index contributed by atoms with van der Waals surface area (Å²) in [5.41, 5.74) is 0. The van der Waals surface area contributed by atoms with Crippen molar-refractivity contribution in [2.24, 2.45) is 0 Å². The van der Waals surface area contributed by atoms with E-state index in [9.17, 15) is 9.59 Å². The Morgan fingerprint density at radius 1 is 1.43 bits per heavy atom. The van der Waals surface area contributed by atoms with Gasteiger partial charge in [-0.25, -0.2) is 0 Å². The maximum Gasteiger partial charge on any atom is 0.317 e. The normalized spacial score (nSPS) is 19.6. The molecule has 0 radical (unpaired) electrons. The van der Waals surface area contributed by atoms with E-state index < -0.39 is 5.97 Å². The molecule has 21 heavy (non-hydrogen) atoms. The fourth-order valence-electron chi connectivity index (χ4n) is 2.65. The fraction of sp³-hybridized carbons (Fsp3) is 0.571. The highest BCUT2D eigenvalue weighted by Gasteiger charge is 2.25. The Morgan fingerprint density at radius 3 is 2.81 bits per heavy atom. The van der Waals surface area contributed by atoms with Gasteiger partial charge in [0, 0.05) is 19.1 Å². The predicted molar refractivity (Wildman–Crippen MR) is 85.8 cm³/mol. The minimum atomic E-state index is -0.807. The van der Waals surface area contributed by atoms with Crippen LogP contribution in [0.1, 0.15) is 28.9 Å². The van der Waals surface area contributed by atoms with Gasteiger partial charge in [-0.15, -0.1) is 11.3 Å². The van der Waals surface area contributed by atoms with Crippen LogP contribution in [0.25, 0.3) is 0 Å². The summed E-state index contributed by atoms with van der Waals surface area (Å²) in [7, 11) is 1.84. The van der Waals surface area contributed by atoms with Gasteiger partial charge in [-0.1, -0.05) is 0 Å². The average molecular weight is 375 g/mol. The number of aliphatic carboxylic acids is 1. The molecular formula is C14H19BrN2O3S. The van der Waals surface area contributed by atoms with E-state index in [4.69, 9.17) is 5.11 Å². The second-order valence-electron chi connectivity index (χ2n) is 5.29. The van der Waals surface area contributed by atoms with E-state index in [2.05, 4.69) is 15.9 Å². The molecule has 116 valence electrons. The number of halogens is 1. The first-order valence-electron chi connectivity index (χ1n) is 6.94. The zero-order chi connectivity index (χ0) is 15.4. The second kappa shape index (κ2) is 7.38. The zero-order valence-electron chi connectivity index (χ0n) is 11.9. The van der Waals surface area contributed by atoms with Gasteiger partial charge in [0.25, 0.3) is 5.91 Å². The molecule has 1 aliphatic rings. The Hall–Kier alpha value is -0.920. The van der Waals surface area contributed by atoms with E-state index in [0.717, 1.165) is 34.5 Å². The minimum Gasteiger partial charge on any atom is -0.480 e. The molecule has 1 N–H and O–H groups in total. The number of likely N-dealkylation sites (N-methyl/N-ethyl adjacent to an activating group) is 1. The summed E-state index contributed by atoms with van der Waals surface area (Å²) in [4.78, 5) is 27.7. The molecule has 1 amide bonds. The Morgan fingerprint density at radius 2 is 2.19 bits per heavy atom. The molecule has 0 spiro atoms. The minimum absolute atomic E-state index is 0.0521. The molecule has 0 bridgehead atoms. The first-order chi connectivity index (χ1) is 9.97. The number of carbonyl (C=O) groups excluding carboxylic acids is 1. The lowest BCUT2D eigenvalue weighted by Crippen LogP contribution is -2.37. The molecule has 1 aliphatic heterocycles. The van der Waals surface area contributed by atoms with E-state index in [1.807, 2.05) is 29.0 Å². The van der Waals surface area contributed by atoms with E-state index >= 15 is 0 Å². The predicted octanol–water partition coefficient (Wildman–Crippen LogP) is 2.52. The quantitative estimate of drug-likeness (QED) is 0.879. The lowest BCUT2D eigenvalue weighted by molar-refractivity contribution is -0.138. The van der Waals surface area contributed by atoms with Crippen molar-refractivity contribution in [2.45, 2.75) is 25.3 Å². The van der Waals surface area contributed by atoms with E-state index in [-0.39, 0.29) is 18.5 Å². The third-order valence-corrected chi connectivity index (χ3v) is 5.39. The van der Waals surface area contributed by atoms with Gasteiger partial charge in [-0.2, -0.15) is 0 Å². The summed E-state index contributed by atoms with van der Waals surface area (Å²) in [6.07, 6.45) is 2.66. The Balaban J connectivity index is 1.94. The maximum atomic E-state index is 12.4. The molecule has 0 aliphatic carbocycles. The van der Waals surface area contributed by atoms with E-state index in [0.29, 0.717) is 6.54 Å². The van der Waals surface area contributed by atoms with Crippen LogP contribution in [0.15, 0.2) is 15.9 Å². The van der Waals surface area contributed by atoms with Gasteiger partial charge >= 0.3 is 5.97 Å². The van der Waals surface area contributed by atoms with Crippen molar-refractivity contribution in [1.82, 2.24) is 9.80 Å². The van der Waals surface area contributed by atoms with Gasteiger partial charge in [0.1, 0.15) is 0 Å². The van der Waals surface area contributed by atoms with E-state index in [1.54, 1.807) is 0 Å². The average Bonchev–Trinajstić information content (AvgIpc) is 2.71. The molecule has 2 heterocycles. The fourth-order valence-corrected chi connectivity index (χ4v) is 4.00. The van der Waals surface area contributed by atoms with Crippen LogP contribution in [0.3, 0.4) is 0 Å². The summed E-state index contributed by atoms with van der Waals surface area (Å²) < 4.78 is 0.958. The number of nitrogens with zero attached hydrogens (tertiary/aromatic N) is 2. The number of hydrogen-bond donors (Lipinski definition) is 1. The van der Waals surface area contributed by atoms with Crippen LogP contribution in [0.2, 0.25) is 0 Å². The molecule has 1 unspecified atom stereocenters. The highest BCUT2D eigenvalue weighted by Crippen LogP contribution is 2.25. The molecule has 7 heteroatoms.